The maximum absolute atomic E-state index is 14.4. The van der Waals surface area contributed by atoms with Crippen molar-refractivity contribution in [1.82, 2.24) is 10.2 Å². The predicted octanol–water partition coefficient (Wildman–Crippen LogP) is 3.50. The van der Waals surface area contributed by atoms with Gasteiger partial charge in [-0.25, -0.2) is 9.18 Å². The Morgan fingerprint density at radius 3 is 2.61 bits per heavy atom. The van der Waals surface area contributed by atoms with Crippen LogP contribution in [0.5, 0.6) is 0 Å². The molecule has 4 rings (SSSR count). The molecule has 2 aromatic carbocycles. The van der Waals surface area contributed by atoms with Gasteiger partial charge >= 0.3 is 5.63 Å². The van der Waals surface area contributed by atoms with Crippen molar-refractivity contribution in [2.75, 3.05) is 19.6 Å². The van der Waals surface area contributed by atoms with Gasteiger partial charge in [0.05, 0.1) is 6.04 Å². The molecule has 1 saturated heterocycles. The minimum absolute atomic E-state index is 0.0487. The average Bonchev–Trinajstić information content (AvgIpc) is 3.23. The molecule has 1 fully saturated rings. The van der Waals surface area contributed by atoms with E-state index in [1.807, 2.05) is 6.07 Å². The van der Waals surface area contributed by atoms with E-state index in [1.54, 1.807) is 36.4 Å². The fourth-order valence-corrected chi connectivity index (χ4v) is 3.74. The van der Waals surface area contributed by atoms with Crippen LogP contribution in [0.3, 0.4) is 0 Å². The van der Waals surface area contributed by atoms with Crippen molar-refractivity contribution in [3.05, 3.63) is 82.0 Å². The Morgan fingerprint density at radius 2 is 1.82 bits per heavy atom. The summed E-state index contributed by atoms with van der Waals surface area (Å²) in [4.78, 5) is 27.0. The van der Waals surface area contributed by atoms with E-state index < -0.39 is 11.5 Å². The van der Waals surface area contributed by atoms with Gasteiger partial charge in [-0.15, -0.1) is 0 Å². The Balaban J connectivity index is 1.57. The molecule has 0 saturated carbocycles. The molecule has 0 bridgehead atoms. The van der Waals surface area contributed by atoms with Gasteiger partial charge in [-0.1, -0.05) is 36.4 Å². The van der Waals surface area contributed by atoms with Gasteiger partial charge in [-0.2, -0.15) is 0 Å². The van der Waals surface area contributed by atoms with Crippen molar-refractivity contribution in [2.45, 2.75) is 18.9 Å². The molecule has 1 aliphatic rings. The summed E-state index contributed by atoms with van der Waals surface area (Å²) < 4.78 is 19.6. The molecule has 1 amide bonds. The highest BCUT2D eigenvalue weighted by molar-refractivity contribution is 5.96. The molecule has 0 radical (unpaired) electrons. The van der Waals surface area contributed by atoms with Crippen LogP contribution in [0.25, 0.3) is 11.0 Å². The highest BCUT2D eigenvalue weighted by atomic mass is 19.1. The van der Waals surface area contributed by atoms with Crippen LogP contribution in [0.4, 0.5) is 4.39 Å². The van der Waals surface area contributed by atoms with E-state index in [9.17, 15) is 14.0 Å². The molecule has 3 aromatic rings. The fourth-order valence-electron chi connectivity index (χ4n) is 3.74. The molecule has 28 heavy (non-hydrogen) atoms. The normalized spacial score (nSPS) is 15.6. The van der Waals surface area contributed by atoms with Crippen LogP contribution in [0.1, 0.15) is 34.8 Å². The summed E-state index contributed by atoms with van der Waals surface area (Å²) in [5.41, 5.74) is 0.257. The van der Waals surface area contributed by atoms with Crippen LogP contribution in [0.15, 0.2) is 63.8 Å². The number of hydrogen-bond donors (Lipinski definition) is 1. The molecule has 1 atom stereocenters. The van der Waals surface area contributed by atoms with Crippen molar-refractivity contribution in [2.24, 2.45) is 0 Å². The first kappa shape index (κ1) is 18.4. The number of nitrogens with zero attached hydrogens (tertiary/aromatic N) is 1. The lowest BCUT2D eigenvalue weighted by atomic mass is 10.0. The van der Waals surface area contributed by atoms with Gasteiger partial charge in [-0.3, -0.25) is 9.69 Å². The summed E-state index contributed by atoms with van der Waals surface area (Å²) in [6.07, 6.45) is 2.10. The third-order valence-corrected chi connectivity index (χ3v) is 5.19. The zero-order valence-electron chi connectivity index (χ0n) is 15.4. The van der Waals surface area contributed by atoms with Crippen LogP contribution in [-0.2, 0) is 0 Å². The van der Waals surface area contributed by atoms with Crippen LogP contribution >= 0.6 is 0 Å². The van der Waals surface area contributed by atoms with Crippen molar-refractivity contribution in [3.63, 3.8) is 0 Å². The largest absolute Gasteiger partial charge is 0.422 e. The maximum atomic E-state index is 14.4. The number of carbonyl (C=O) groups excluding carboxylic acids is 1. The number of carbonyl (C=O) groups is 1. The number of rotatable bonds is 5. The van der Waals surface area contributed by atoms with Crippen molar-refractivity contribution < 1.29 is 13.6 Å². The zero-order valence-corrected chi connectivity index (χ0v) is 15.4. The molecular weight excluding hydrogens is 359 g/mol. The first-order valence-electron chi connectivity index (χ1n) is 9.43. The van der Waals surface area contributed by atoms with Crippen molar-refractivity contribution in [1.29, 1.82) is 0 Å². The van der Waals surface area contributed by atoms with Gasteiger partial charge in [0, 0.05) is 17.5 Å². The summed E-state index contributed by atoms with van der Waals surface area (Å²) >= 11 is 0. The van der Waals surface area contributed by atoms with Gasteiger partial charge < -0.3 is 9.73 Å². The van der Waals surface area contributed by atoms with E-state index in [0.717, 1.165) is 25.9 Å². The third kappa shape index (κ3) is 3.68. The highest BCUT2D eigenvalue weighted by Gasteiger charge is 2.26. The molecule has 144 valence electrons. The molecular formula is C22H21FN2O3. The smallest absolute Gasteiger partial charge is 0.349 e. The molecule has 0 spiro atoms. The summed E-state index contributed by atoms with van der Waals surface area (Å²) in [5.74, 6) is -0.807. The molecule has 1 aliphatic heterocycles. The van der Waals surface area contributed by atoms with Crippen LogP contribution in [0.2, 0.25) is 0 Å². The molecule has 2 heterocycles. The molecule has 1 unspecified atom stereocenters. The lowest BCUT2D eigenvalue weighted by Crippen LogP contribution is -2.38. The molecule has 0 aliphatic carbocycles. The average molecular weight is 380 g/mol. The van der Waals surface area contributed by atoms with E-state index >= 15 is 0 Å². The Morgan fingerprint density at radius 1 is 1.11 bits per heavy atom. The lowest BCUT2D eigenvalue weighted by Gasteiger charge is -2.28. The van der Waals surface area contributed by atoms with Gasteiger partial charge in [0.2, 0.25) is 0 Å². The zero-order chi connectivity index (χ0) is 19.5. The quantitative estimate of drug-likeness (QED) is 0.688. The van der Waals surface area contributed by atoms with Crippen LogP contribution < -0.4 is 10.9 Å². The van der Waals surface area contributed by atoms with E-state index in [2.05, 4.69) is 10.2 Å². The second kappa shape index (κ2) is 7.94. The Hall–Kier alpha value is -2.99. The molecule has 6 heteroatoms. The number of nitrogens with one attached hydrogen (secondary N) is 1. The second-order valence-electron chi connectivity index (χ2n) is 6.98. The summed E-state index contributed by atoms with van der Waals surface area (Å²) in [6, 6.07) is 14.9. The van der Waals surface area contributed by atoms with Crippen LogP contribution in [-0.4, -0.2) is 30.4 Å². The lowest BCUT2D eigenvalue weighted by molar-refractivity contribution is 0.0933. The summed E-state index contributed by atoms with van der Waals surface area (Å²) in [5, 5.41) is 3.48. The van der Waals surface area contributed by atoms with E-state index in [-0.39, 0.29) is 24.0 Å². The standard InChI is InChI=1S/C22H21FN2O3/c23-18-9-3-2-8-16(18)19(25-11-5-6-12-25)14-24-21(26)17-13-15-7-1-4-10-20(15)28-22(17)27/h1-4,7-10,13,19H,5-6,11-12,14H2,(H,24,26). The van der Waals surface area contributed by atoms with E-state index in [0.29, 0.717) is 16.5 Å². The topological polar surface area (TPSA) is 62.6 Å². The molecule has 5 nitrogen and oxygen atoms in total. The third-order valence-electron chi connectivity index (χ3n) is 5.19. The maximum Gasteiger partial charge on any atom is 0.349 e. The summed E-state index contributed by atoms with van der Waals surface area (Å²) in [7, 11) is 0. The highest BCUT2D eigenvalue weighted by Crippen LogP contribution is 2.26. The fraction of sp³-hybridized carbons (Fsp3) is 0.273. The van der Waals surface area contributed by atoms with E-state index in [4.69, 9.17) is 4.42 Å². The van der Waals surface area contributed by atoms with Crippen LogP contribution in [0, 0.1) is 5.82 Å². The Bertz CT molecular complexity index is 1060. The number of para-hydroxylation sites is 1. The van der Waals surface area contributed by atoms with Gasteiger partial charge in [0.1, 0.15) is 17.0 Å². The second-order valence-corrected chi connectivity index (χ2v) is 6.98. The number of halogens is 1. The molecule has 1 aromatic heterocycles. The Kier molecular flexibility index (Phi) is 5.21. The minimum Gasteiger partial charge on any atom is -0.422 e. The minimum atomic E-state index is -0.681. The number of fused-ring (bicyclic) bond motifs is 1. The van der Waals surface area contributed by atoms with Crippen molar-refractivity contribution >= 4 is 16.9 Å². The predicted molar refractivity (Wildman–Crippen MR) is 105 cm³/mol. The monoisotopic (exact) mass is 380 g/mol. The number of amides is 1. The molecule has 1 N–H and O–H groups in total. The first-order chi connectivity index (χ1) is 13.6. The number of likely N-dealkylation sites (tertiary alicyclic amines) is 1. The van der Waals surface area contributed by atoms with Gasteiger partial charge in [-0.05, 0) is 44.1 Å². The van der Waals surface area contributed by atoms with Gasteiger partial charge in [0.15, 0.2) is 0 Å². The van der Waals surface area contributed by atoms with Crippen molar-refractivity contribution in [3.8, 4) is 0 Å². The Labute approximate surface area is 161 Å². The number of benzene rings is 2. The van der Waals surface area contributed by atoms with Gasteiger partial charge in [0.25, 0.3) is 5.91 Å². The number of hydrogen-bond acceptors (Lipinski definition) is 4. The van der Waals surface area contributed by atoms with E-state index in [1.165, 1.54) is 12.1 Å². The first-order valence-corrected chi connectivity index (χ1v) is 9.43. The summed E-state index contributed by atoms with van der Waals surface area (Å²) in [6.45, 7) is 1.92. The SMILES string of the molecule is O=C(NCC(c1ccccc1F)N1CCCC1)c1cc2ccccc2oc1=O.